The fourth-order valence-electron chi connectivity index (χ4n) is 2.81. The van der Waals surface area contributed by atoms with Crippen molar-refractivity contribution in [3.8, 4) is 5.75 Å². The predicted molar refractivity (Wildman–Crippen MR) is 83.3 cm³/mol. The monoisotopic (exact) mass is 276 g/mol. The van der Waals surface area contributed by atoms with Gasteiger partial charge in [0.25, 0.3) is 0 Å². The van der Waals surface area contributed by atoms with Crippen molar-refractivity contribution in [1.29, 1.82) is 0 Å². The van der Waals surface area contributed by atoms with Crippen molar-refractivity contribution in [2.24, 2.45) is 11.3 Å². The molecule has 20 heavy (non-hydrogen) atoms. The molecule has 112 valence electrons. The summed E-state index contributed by atoms with van der Waals surface area (Å²) >= 11 is 0. The molecule has 2 nitrogen and oxygen atoms in total. The van der Waals surface area contributed by atoms with Gasteiger partial charge in [-0.05, 0) is 55.0 Å². The lowest BCUT2D eigenvalue weighted by atomic mass is 9.78. The van der Waals surface area contributed by atoms with Gasteiger partial charge in [-0.1, -0.05) is 27.7 Å². The summed E-state index contributed by atoms with van der Waals surface area (Å²) in [6.07, 6.45) is 1.32. The molecule has 0 N–H and O–H groups in total. The van der Waals surface area contributed by atoms with Crippen LogP contribution in [0.15, 0.2) is 12.1 Å². The molecule has 1 aliphatic rings. The molecule has 1 aromatic rings. The van der Waals surface area contributed by atoms with Crippen LogP contribution in [0.25, 0.3) is 0 Å². The van der Waals surface area contributed by atoms with Crippen molar-refractivity contribution in [1.82, 2.24) is 0 Å². The van der Waals surface area contributed by atoms with E-state index in [2.05, 4.69) is 53.7 Å². The van der Waals surface area contributed by atoms with Crippen LogP contribution in [0.3, 0.4) is 0 Å². The standard InChI is InChI=1S/C18H28O2/c1-12(2)7-8-19-16-13(3)9-15(10-14(16)4)17-18(5,6)11-20-17/h9-10,12,17H,7-8,11H2,1-6H3. The second-order valence-corrected chi connectivity index (χ2v) is 7.19. The van der Waals surface area contributed by atoms with Crippen LogP contribution in [0.5, 0.6) is 5.75 Å². The molecule has 0 spiro atoms. The molecule has 1 heterocycles. The zero-order chi connectivity index (χ0) is 14.9. The number of rotatable bonds is 5. The van der Waals surface area contributed by atoms with Gasteiger partial charge in [-0.2, -0.15) is 0 Å². The van der Waals surface area contributed by atoms with Crippen LogP contribution in [-0.4, -0.2) is 13.2 Å². The highest BCUT2D eigenvalue weighted by Gasteiger charge is 2.41. The number of hydrogen-bond donors (Lipinski definition) is 0. The maximum atomic E-state index is 5.98. The second-order valence-electron chi connectivity index (χ2n) is 7.19. The van der Waals surface area contributed by atoms with Gasteiger partial charge in [-0.25, -0.2) is 0 Å². The molecule has 0 bridgehead atoms. The van der Waals surface area contributed by atoms with Crippen molar-refractivity contribution in [3.05, 3.63) is 28.8 Å². The Labute approximate surface area is 123 Å². The molecule has 1 aliphatic heterocycles. The van der Waals surface area contributed by atoms with Crippen molar-refractivity contribution in [2.75, 3.05) is 13.2 Å². The minimum Gasteiger partial charge on any atom is -0.493 e. The second kappa shape index (κ2) is 5.77. The highest BCUT2D eigenvalue weighted by molar-refractivity contribution is 5.44. The van der Waals surface area contributed by atoms with Crippen LogP contribution < -0.4 is 4.74 Å². The third-order valence-electron chi connectivity index (χ3n) is 4.06. The Balaban J connectivity index is 2.13. The summed E-state index contributed by atoms with van der Waals surface area (Å²) in [4.78, 5) is 0. The predicted octanol–water partition coefficient (Wildman–Crippen LogP) is 4.83. The molecule has 0 amide bonds. The van der Waals surface area contributed by atoms with Crippen LogP contribution in [0.1, 0.15) is 56.9 Å². The Hall–Kier alpha value is -1.02. The molecule has 1 fully saturated rings. The number of benzene rings is 1. The minimum atomic E-state index is 0.226. The van der Waals surface area contributed by atoms with E-state index < -0.39 is 0 Å². The first-order valence-electron chi connectivity index (χ1n) is 7.67. The van der Waals surface area contributed by atoms with E-state index in [1.807, 2.05) is 0 Å². The van der Waals surface area contributed by atoms with Gasteiger partial charge in [0.15, 0.2) is 0 Å². The van der Waals surface area contributed by atoms with Gasteiger partial charge in [0.05, 0.1) is 19.3 Å². The van der Waals surface area contributed by atoms with Gasteiger partial charge in [0.1, 0.15) is 5.75 Å². The zero-order valence-corrected chi connectivity index (χ0v) is 13.7. The SMILES string of the molecule is Cc1cc(C2OCC2(C)C)cc(C)c1OCCC(C)C. The van der Waals surface area contributed by atoms with E-state index in [9.17, 15) is 0 Å². The Bertz CT molecular complexity index is 451. The van der Waals surface area contributed by atoms with Crippen LogP contribution in [0.2, 0.25) is 0 Å². The highest BCUT2D eigenvalue weighted by Crippen LogP contribution is 2.46. The third kappa shape index (κ3) is 3.17. The van der Waals surface area contributed by atoms with Gasteiger partial charge in [0, 0.05) is 5.41 Å². The van der Waals surface area contributed by atoms with Gasteiger partial charge in [-0.3, -0.25) is 0 Å². The highest BCUT2D eigenvalue weighted by atomic mass is 16.5. The van der Waals surface area contributed by atoms with E-state index in [4.69, 9.17) is 9.47 Å². The Morgan fingerprint density at radius 3 is 2.25 bits per heavy atom. The Morgan fingerprint density at radius 2 is 1.85 bits per heavy atom. The molecule has 0 saturated carbocycles. The lowest BCUT2D eigenvalue weighted by Gasteiger charge is -2.44. The Kier molecular flexibility index (Phi) is 4.43. The van der Waals surface area contributed by atoms with Crippen molar-refractivity contribution < 1.29 is 9.47 Å². The molecule has 1 unspecified atom stereocenters. The first-order chi connectivity index (χ1) is 9.31. The summed E-state index contributed by atoms with van der Waals surface area (Å²) in [5, 5.41) is 0. The third-order valence-corrected chi connectivity index (χ3v) is 4.06. The number of hydrogen-bond acceptors (Lipinski definition) is 2. The lowest BCUT2D eigenvalue weighted by molar-refractivity contribution is -0.172. The van der Waals surface area contributed by atoms with Crippen molar-refractivity contribution in [2.45, 2.75) is 54.1 Å². The van der Waals surface area contributed by atoms with Gasteiger partial charge >= 0.3 is 0 Å². The summed E-state index contributed by atoms with van der Waals surface area (Å²) in [5.41, 5.74) is 3.97. The molecule has 1 saturated heterocycles. The Morgan fingerprint density at radius 1 is 1.25 bits per heavy atom. The zero-order valence-electron chi connectivity index (χ0n) is 13.7. The topological polar surface area (TPSA) is 18.5 Å². The van der Waals surface area contributed by atoms with Gasteiger partial charge < -0.3 is 9.47 Å². The van der Waals surface area contributed by atoms with Gasteiger partial charge in [-0.15, -0.1) is 0 Å². The van der Waals surface area contributed by atoms with Crippen LogP contribution in [0.4, 0.5) is 0 Å². The van der Waals surface area contributed by atoms with E-state index in [0.717, 1.165) is 25.4 Å². The summed E-state index contributed by atoms with van der Waals surface area (Å²) in [7, 11) is 0. The summed E-state index contributed by atoms with van der Waals surface area (Å²) < 4.78 is 11.7. The molecule has 0 aliphatic carbocycles. The molecule has 2 rings (SSSR count). The normalized spacial score (nSPS) is 20.9. The summed E-state index contributed by atoms with van der Waals surface area (Å²) in [5.74, 6) is 1.73. The average Bonchev–Trinajstić information content (AvgIpc) is 2.31. The van der Waals surface area contributed by atoms with E-state index >= 15 is 0 Å². The molecule has 1 atom stereocenters. The molecule has 0 radical (unpaired) electrons. The van der Waals surface area contributed by atoms with E-state index in [0.29, 0.717) is 5.92 Å². The maximum absolute atomic E-state index is 5.98. The summed E-state index contributed by atoms with van der Waals surface area (Å²) in [6, 6.07) is 4.45. The first-order valence-corrected chi connectivity index (χ1v) is 7.67. The van der Waals surface area contributed by atoms with E-state index in [-0.39, 0.29) is 11.5 Å². The molecular formula is C18H28O2. The summed E-state index contributed by atoms with van der Waals surface area (Å²) in [6.45, 7) is 14.9. The van der Waals surface area contributed by atoms with Crippen LogP contribution in [0, 0.1) is 25.2 Å². The molecule has 2 heteroatoms. The lowest BCUT2D eigenvalue weighted by Crippen LogP contribution is -2.40. The molecular weight excluding hydrogens is 248 g/mol. The minimum absolute atomic E-state index is 0.226. The van der Waals surface area contributed by atoms with E-state index in [1.54, 1.807) is 0 Å². The number of ether oxygens (including phenoxy) is 2. The maximum Gasteiger partial charge on any atom is 0.125 e. The first kappa shape index (κ1) is 15.4. The molecule has 1 aromatic carbocycles. The average molecular weight is 276 g/mol. The fourth-order valence-corrected chi connectivity index (χ4v) is 2.81. The molecule has 0 aromatic heterocycles. The quantitative estimate of drug-likeness (QED) is 0.767. The van der Waals surface area contributed by atoms with E-state index in [1.165, 1.54) is 16.7 Å². The smallest absolute Gasteiger partial charge is 0.125 e. The van der Waals surface area contributed by atoms with Crippen LogP contribution >= 0.6 is 0 Å². The van der Waals surface area contributed by atoms with Crippen molar-refractivity contribution >= 4 is 0 Å². The van der Waals surface area contributed by atoms with Gasteiger partial charge in [0.2, 0.25) is 0 Å². The largest absolute Gasteiger partial charge is 0.493 e. The van der Waals surface area contributed by atoms with Crippen LogP contribution in [-0.2, 0) is 4.74 Å². The fraction of sp³-hybridized carbons (Fsp3) is 0.667. The number of aryl methyl sites for hydroxylation is 2. The van der Waals surface area contributed by atoms with Crippen molar-refractivity contribution in [3.63, 3.8) is 0 Å².